The maximum absolute atomic E-state index is 12.5. The van der Waals surface area contributed by atoms with Crippen LogP contribution in [0, 0.1) is 6.92 Å². The highest BCUT2D eigenvalue weighted by Crippen LogP contribution is 2.21. The molecular formula is C14H20N2O2. The first-order valence-corrected chi connectivity index (χ1v) is 6.29. The SMILES string of the molecule is COc1ccc(C)cc1C(=O)N1CCN[C@H](C)C1. The minimum Gasteiger partial charge on any atom is -0.496 e. The standard InChI is InChI=1S/C14H20N2O2/c1-10-4-5-13(18-3)12(8-10)14(17)16-7-6-15-11(2)9-16/h4-5,8,11,15H,6-7,9H2,1-3H3/t11-/m1/s1. The first kappa shape index (κ1) is 12.9. The molecule has 2 rings (SSSR count). The lowest BCUT2D eigenvalue weighted by Gasteiger charge is -2.32. The van der Waals surface area contributed by atoms with Crippen molar-refractivity contribution in [2.45, 2.75) is 19.9 Å². The van der Waals surface area contributed by atoms with E-state index >= 15 is 0 Å². The molecule has 1 aliphatic rings. The molecule has 1 saturated heterocycles. The maximum atomic E-state index is 12.5. The molecule has 1 N–H and O–H groups in total. The average molecular weight is 248 g/mol. The number of benzene rings is 1. The number of carbonyl (C=O) groups excluding carboxylic acids is 1. The summed E-state index contributed by atoms with van der Waals surface area (Å²) in [5, 5.41) is 3.33. The van der Waals surface area contributed by atoms with Crippen LogP contribution in [0.3, 0.4) is 0 Å². The molecule has 1 aromatic carbocycles. The lowest BCUT2D eigenvalue weighted by Crippen LogP contribution is -2.51. The van der Waals surface area contributed by atoms with Crippen molar-refractivity contribution in [2.24, 2.45) is 0 Å². The van der Waals surface area contributed by atoms with E-state index in [0.29, 0.717) is 17.4 Å². The van der Waals surface area contributed by atoms with E-state index < -0.39 is 0 Å². The van der Waals surface area contributed by atoms with Crippen molar-refractivity contribution in [1.82, 2.24) is 10.2 Å². The second-order valence-corrected chi connectivity index (χ2v) is 4.81. The summed E-state index contributed by atoms with van der Waals surface area (Å²) in [4.78, 5) is 14.4. The van der Waals surface area contributed by atoms with Crippen LogP contribution in [0.2, 0.25) is 0 Å². The van der Waals surface area contributed by atoms with Gasteiger partial charge in [0.05, 0.1) is 12.7 Å². The summed E-state index contributed by atoms with van der Waals surface area (Å²) in [5.74, 6) is 0.709. The molecule has 1 fully saturated rings. The van der Waals surface area contributed by atoms with Gasteiger partial charge in [-0.1, -0.05) is 11.6 Å². The van der Waals surface area contributed by atoms with Gasteiger partial charge in [0.1, 0.15) is 5.75 Å². The third kappa shape index (κ3) is 2.64. The monoisotopic (exact) mass is 248 g/mol. The number of methoxy groups -OCH3 is 1. The zero-order chi connectivity index (χ0) is 13.1. The fourth-order valence-electron chi connectivity index (χ4n) is 2.28. The van der Waals surface area contributed by atoms with Crippen LogP contribution < -0.4 is 10.1 Å². The number of hydrogen-bond acceptors (Lipinski definition) is 3. The normalized spacial score (nSPS) is 19.7. The molecule has 0 spiro atoms. The van der Waals surface area contributed by atoms with Crippen LogP contribution >= 0.6 is 0 Å². The highest BCUT2D eigenvalue weighted by atomic mass is 16.5. The Bertz CT molecular complexity index is 445. The van der Waals surface area contributed by atoms with Crippen molar-refractivity contribution in [3.8, 4) is 5.75 Å². The Balaban J connectivity index is 2.24. The van der Waals surface area contributed by atoms with Crippen LogP contribution in [0.25, 0.3) is 0 Å². The molecule has 0 radical (unpaired) electrons. The molecule has 0 bridgehead atoms. The lowest BCUT2D eigenvalue weighted by atomic mass is 10.1. The van der Waals surface area contributed by atoms with Crippen molar-refractivity contribution in [3.05, 3.63) is 29.3 Å². The first-order chi connectivity index (χ1) is 8.61. The molecule has 4 heteroatoms. The zero-order valence-corrected chi connectivity index (χ0v) is 11.2. The van der Waals surface area contributed by atoms with E-state index in [9.17, 15) is 4.79 Å². The van der Waals surface area contributed by atoms with Crippen molar-refractivity contribution in [3.63, 3.8) is 0 Å². The minimum absolute atomic E-state index is 0.0592. The van der Waals surface area contributed by atoms with Gasteiger partial charge in [-0.05, 0) is 26.0 Å². The van der Waals surface area contributed by atoms with E-state index in [1.807, 2.05) is 30.0 Å². The number of aryl methyl sites for hydroxylation is 1. The van der Waals surface area contributed by atoms with Gasteiger partial charge in [-0.2, -0.15) is 0 Å². The second-order valence-electron chi connectivity index (χ2n) is 4.81. The number of rotatable bonds is 2. The molecule has 0 aromatic heterocycles. The summed E-state index contributed by atoms with van der Waals surface area (Å²) in [6, 6.07) is 6.05. The van der Waals surface area contributed by atoms with Crippen molar-refractivity contribution in [2.75, 3.05) is 26.7 Å². The summed E-state index contributed by atoms with van der Waals surface area (Å²) in [6.45, 7) is 6.42. The van der Waals surface area contributed by atoms with Gasteiger partial charge in [-0.3, -0.25) is 4.79 Å². The summed E-state index contributed by atoms with van der Waals surface area (Å²) < 4.78 is 5.28. The van der Waals surface area contributed by atoms with E-state index in [-0.39, 0.29) is 5.91 Å². The third-order valence-corrected chi connectivity index (χ3v) is 3.24. The quantitative estimate of drug-likeness (QED) is 0.861. The molecule has 1 heterocycles. The van der Waals surface area contributed by atoms with Gasteiger partial charge < -0.3 is 15.0 Å². The molecule has 1 aromatic rings. The molecule has 1 amide bonds. The molecule has 0 saturated carbocycles. The number of nitrogens with one attached hydrogen (secondary N) is 1. The fraction of sp³-hybridized carbons (Fsp3) is 0.500. The molecule has 4 nitrogen and oxygen atoms in total. The van der Waals surface area contributed by atoms with Crippen molar-refractivity contribution >= 4 is 5.91 Å². The van der Waals surface area contributed by atoms with Gasteiger partial charge in [0.2, 0.25) is 0 Å². The van der Waals surface area contributed by atoms with Gasteiger partial charge in [0.25, 0.3) is 5.91 Å². The molecule has 18 heavy (non-hydrogen) atoms. The Hall–Kier alpha value is -1.55. The second kappa shape index (κ2) is 5.40. The van der Waals surface area contributed by atoms with Gasteiger partial charge in [-0.15, -0.1) is 0 Å². The topological polar surface area (TPSA) is 41.6 Å². The molecule has 98 valence electrons. The Kier molecular flexibility index (Phi) is 3.87. The highest BCUT2D eigenvalue weighted by molar-refractivity contribution is 5.97. The van der Waals surface area contributed by atoms with Gasteiger partial charge in [-0.25, -0.2) is 0 Å². The van der Waals surface area contributed by atoms with Crippen LogP contribution in [0.1, 0.15) is 22.8 Å². The van der Waals surface area contributed by atoms with Crippen LogP contribution in [0.5, 0.6) is 5.75 Å². The Morgan fingerprint density at radius 1 is 1.50 bits per heavy atom. The fourth-order valence-corrected chi connectivity index (χ4v) is 2.28. The zero-order valence-electron chi connectivity index (χ0n) is 11.2. The predicted molar refractivity (Wildman–Crippen MR) is 71.1 cm³/mol. The van der Waals surface area contributed by atoms with Crippen molar-refractivity contribution < 1.29 is 9.53 Å². The number of amides is 1. The van der Waals surface area contributed by atoms with E-state index in [0.717, 1.165) is 25.2 Å². The van der Waals surface area contributed by atoms with Crippen LogP contribution in [0.15, 0.2) is 18.2 Å². The number of piperazine rings is 1. The van der Waals surface area contributed by atoms with Crippen LogP contribution in [0.4, 0.5) is 0 Å². The summed E-state index contributed by atoms with van der Waals surface area (Å²) >= 11 is 0. The summed E-state index contributed by atoms with van der Waals surface area (Å²) in [7, 11) is 1.60. The Labute approximate surface area is 108 Å². The van der Waals surface area contributed by atoms with E-state index in [1.165, 1.54) is 0 Å². The third-order valence-electron chi connectivity index (χ3n) is 3.24. The van der Waals surface area contributed by atoms with Crippen LogP contribution in [-0.4, -0.2) is 43.6 Å². The summed E-state index contributed by atoms with van der Waals surface area (Å²) in [6.07, 6.45) is 0. The largest absolute Gasteiger partial charge is 0.496 e. The van der Waals surface area contributed by atoms with Gasteiger partial charge in [0.15, 0.2) is 0 Å². The molecule has 1 aliphatic heterocycles. The molecule has 0 aliphatic carbocycles. The maximum Gasteiger partial charge on any atom is 0.257 e. The van der Waals surface area contributed by atoms with Crippen LogP contribution in [-0.2, 0) is 0 Å². The lowest BCUT2D eigenvalue weighted by molar-refractivity contribution is 0.0705. The Morgan fingerprint density at radius 2 is 2.28 bits per heavy atom. The number of hydrogen-bond donors (Lipinski definition) is 1. The number of nitrogens with zero attached hydrogens (tertiary/aromatic N) is 1. The average Bonchev–Trinajstić information content (AvgIpc) is 2.38. The van der Waals surface area contributed by atoms with Gasteiger partial charge in [0, 0.05) is 25.7 Å². The molecular weight excluding hydrogens is 228 g/mol. The van der Waals surface area contributed by atoms with Gasteiger partial charge >= 0.3 is 0 Å². The van der Waals surface area contributed by atoms with Crippen molar-refractivity contribution in [1.29, 1.82) is 0 Å². The smallest absolute Gasteiger partial charge is 0.257 e. The molecule has 0 unspecified atom stereocenters. The highest BCUT2D eigenvalue weighted by Gasteiger charge is 2.23. The Morgan fingerprint density at radius 3 is 2.94 bits per heavy atom. The number of carbonyl (C=O) groups is 1. The van der Waals surface area contributed by atoms with E-state index in [1.54, 1.807) is 7.11 Å². The first-order valence-electron chi connectivity index (χ1n) is 6.29. The summed E-state index contributed by atoms with van der Waals surface area (Å²) in [5.41, 5.74) is 1.73. The van der Waals surface area contributed by atoms with E-state index in [4.69, 9.17) is 4.74 Å². The molecule has 1 atom stereocenters. The predicted octanol–water partition coefficient (Wildman–Crippen LogP) is 1.44. The minimum atomic E-state index is 0.0592. The number of ether oxygens (including phenoxy) is 1. The van der Waals surface area contributed by atoms with E-state index in [2.05, 4.69) is 12.2 Å².